The lowest BCUT2D eigenvalue weighted by molar-refractivity contribution is -0.141. The van der Waals surface area contributed by atoms with Gasteiger partial charge >= 0.3 is 0 Å². The molecule has 1 saturated heterocycles. The van der Waals surface area contributed by atoms with E-state index in [1.807, 2.05) is 12.1 Å². The quantitative estimate of drug-likeness (QED) is 0.450. The molecule has 0 bridgehead atoms. The molecular weight excluding hydrogens is 552 g/mol. The Morgan fingerprint density at radius 2 is 1.70 bits per heavy atom. The van der Waals surface area contributed by atoms with E-state index in [-0.39, 0.29) is 36.5 Å². The number of likely N-dealkylation sites (N-methyl/N-ethyl adjacent to an activating group) is 1. The number of benzene rings is 2. The summed E-state index contributed by atoms with van der Waals surface area (Å²) in [6.07, 6.45) is 1.29. The molecule has 2 aromatic carbocycles. The first-order valence-corrected chi connectivity index (χ1v) is 14.3. The largest absolute Gasteiger partial charge is 0.497 e. The molecular formula is C30H38N8O5. The summed E-state index contributed by atoms with van der Waals surface area (Å²) in [4.78, 5) is 57.3. The lowest BCUT2D eigenvalue weighted by Crippen LogP contribution is -2.54. The summed E-state index contributed by atoms with van der Waals surface area (Å²) in [6, 6.07) is 12.6. The molecule has 0 spiro atoms. The molecule has 2 N–H and O–H groups in total. The molecule has 4 rings (SSSR count). The van der Waals surface area contributed by atoms with Gasteiger partial charge in [-0.25, -0.2) is 0 Å². The summed E-state index contributed by atoms with van der Waals surface area (Å²) in [5, 5.41) is 17.8. The smallest absolute Gasteiger partial charge is 0.253 e. The van der Waals surface area contributed by atoms with E-state index in [1.54, 1.807) is 69.4 Å². The summed E-state index contributed by atoms with van der Waals surface area (Å²) in [5.41, 5.74) is 2.05. The van der Waals surface area contributed by atoms with Crippen LogP contribution in [-0.4, -0.2) is 99.5 Å². The number of amides is 4. The summed E-state index contributed by atoms with van der Waals surface area (Å²) in [5.74, 6) is -0.0250. The van der Waals surface area contributed by atoms with Crippen LogP contribution in [0.2, 0.25) is 0 Å². The minimum absolute atomic E-state index is 0.129. The van der Waals surface area contributed by atoms with E-state index >= 15 is 0 Å². The van der Waals surface area contributed by atoms with Crippen molar-refractivity contribution in [3.8, 4) is 17.1 Å². The molecule has 0 radical (unpaired) electrons. The molecule has 0 saturated carbocycles. The fourth-order valence-corrected chi connectivity index (χ4v) is 4.80. The first-order valence-electron chi connectivity index (χ1n) is 14.3. The molecule has 1 fully saturated rings. The zero-order valence-electron chi connectivity index (χ0n) is 24.9. The first-order chi connectivity index (χ1) is 20.7. The third kappa shape index (κ3) is 8.15. The van der Waals surface area contributed by atoms with E-state index in [0.29, 0.717) is 49.6 Å². The average molecular weight is 591 g/mol. The van der Waals surface area contributed by atoms with Crippen LogP contribution >= 0.6 is 0 Å². The van der Waals surface area contributed by atoms with Crippen molar-refractivity contribution in [1.29, 1.82) is 0 Å². The monoisotopic (exact) mass is 590 g/mol. The molecule has 228 valence electrons. The van der Waals surface area contributed by atoms with Gasteiger partial charge in [-0.05, 0) is 54.8 Å². The topological polar surface area (TPSA) is 152 Å². The van der Waals surface area contributed by atoms with Crippen molar-refractivity contribution in [2.24, 2.45) is 7.05 Å². The molecule has 1 aliphatic heterocycles. The molecule has 13 nitrogen and oxygen atoms in total. The number of aromatic nitrogens is 4. The van der Waals surface area contributed by atoms with Gasteiger partial charge in [0.25, 0.3) is 5.91 Å². The van der Waals surface area contributed by atoms with E-state index in [2.05, 4.69) is 26.0 Å². The highest BCUT2D eigenvalue weighted by atomic mass is 16.5. The van der Waals surface area contributed by atoms with Crippen LogP contribution in [-0.2, 0) is 27.9 Å². The van der Waals surface area contributed by atoms with Gasteiger partial charge in [0.15, 0.2) is 0 Å². The molecule has 13 heteroatoms. The van der Waals surface area contributed by atoms with E-state index in [0.717, 1.165) is 11.1 Å². The van der Waals surface area contributed by atoms with Crippen molar-refractivity contribution in [2.75, 3.05) is 33.8 Å². The van der Waals surface area contributed by atoms with Crippen molar-refractivity contribution >= 4 is 23.6 Å². The number of carbonyl (C=O) groups is 4. The lowest BCUT2D eigenvalue weighted by Gasteiger charge is -2.29. The van der Waals surface area contributed by atoms with Gasteiger partial charge in [0.05, 0.1) is 14.2 Å². The maximum absolute atomic E-state index is 13.5. The van der Waals surface area contributed by atoms with Crippen LogP contribution in [0.25, 0.3) is 11.4 Å². The van der Waals surface area contributed by atoms with Crippen LogP contribution in [0.1, 0.15) is 42.1 Å². The number of nitrogens with zero attached hydrogens (tertiary/aromatic N) is 6. The van der Waals surface area contributed by atoms with Crippen molar-refractivity contribution in [2.45, 2.75) is 44.7 Å². The SMILES string of the molecule is COc1ccc(C[C@@H]2NC(=O)CCCN(C(=O)c3ccc(-c4nnn(C)n4)cc3)CCCNC(=O)[C@H](C)N(C)C2=O)cc1. The van der Waals surface area contributed by atoms with Gasteiger partial charge in [-0.1, -0.05) is 24.3 Å². The maximum atomic E-state index is 13.5. The van der Waals surface area contributed by atoms with Crippen molar-refractivity contribution < 1.29 is 23.9 Å². The van der Waals surface area contributed by atoms with Crippen molar-refractivity contribution in [3.63, 3.8) is 0 Å². The Hall–Kier alpha value is -4.81. The summed E-state index contributed by atoms with van der Waals surface area (Å²) in [7, 11) is 4.81. The van der Waals surface area contributed by atoms with Gasteiger partial charge in [-0.3, -0.25) is 19.2 Å². The van der Waals surface area contributed by atoms with Gasteiger partial charge in [0.1, 0.15) is 17.8 Å². The highest BCUT2D eigenvalue weighted by Crippen LogP contribution is 2.17. The van der Waals surface area contributed by atoms with Gasteiger partial charge in [-0.2, -0.15) is 4.80 Å². The van der Waals surface area contributed by atoms with Crippen LogP contribution in [0, 0.1) is 0 Å². The van der Waals surface area contributed by atoms with E-state index < -0.39 is 12.1 Å². The number of methoxy groups -OCH3 is 1. The van der Waals surface area contributed by atoms with Gasteiger partial charge in [-0.15, -0.1) is 10.2 Å². The van der Waals surface area contributed by atoms with E-state index in [4.69, 9.17) is 4.74 Å². The number of nitrogens with one attached hydrogen (secondary N) is 2. The number of ether oxygens (including phenoxy) is 1. The van der Waals surface area contributed by atoms with Crippen LogP contribution in [0.15, 0.2) is 48.5 Å². The predicted molar refractivity (Wildman–Crippen MR) is 158 cm³/mol. The van der Waals surface area contributed by atoms with Crippen LogP contribution in [0.4, 0.5) is 0 Å². The second kappa shape index (κ2) is 14.4. The number of carbonyl (C=O) groups excluding carboxylic acids is 4. The Bertz CT molecular complexity index is 1420. The Labute approximate surface area is 250 Å². The second-order valence-corrected chi connectivity index (χ2v) is 10.5. The van der Waals surface area contributed by atoms with Crippen molar-refractivity contribution in [1.82, 2.24) is 40.6 Å². The third-order valence-electron chi connectivity index (χ3n) is 7.46. The third-order valence-corrected chi connectivity index (χ3v) is 7.46. The number of hydrogen-bond acceptors (Lipinski definition) is 8. The second-order valence-electron chi connectivity index (χ2n) is 10.5. The van der Waals surface area contributed by atoms with Crippen LogP contribution in [0.3, 0.4) is 0 Å². The fourth-order valence-electron chi connectivity index (χ4n) is 4.80. The summed E-state index contributed by atoms with van der Waals surface area (Å²) in [6.45, 7) is 2.70. The highest BCUT2D eigenvalue weighted by molar-refractivity contribution is 5.95. The minimum Gasteiger partial charge on any atom is -0.497 e. The molecule has 1 aromatic heterocycles. The summed E-state index contributed by atoms with van der Waals surface area (Å²) >= 11 is 0. The van der Waals surface area contributed by atoms with Crippen LogP contribution < -0.4 is 15.4 Å². The van der Waals surface area contributed by atoms with Crippen LogP contribution in [0.5, 0.6) is 5.75 Å². The van der Waals surface area contributed by atoms with Gasteiger partial charge < -0.3 is 25.2 Å². The molecule has 2 heterocycles. The first kappa shape index (κ1) is 31.1. The van der Waals surface area contributed by atoms with Crippen molar-refractivity contribution in [3.05, 3.63) is 59.7 Å². The fraction of sp³-hybridized carbons (Fsp3) is 0.433. The van der Waals surface area contributed by atoms with E-state index in [1.165, 1.54) is 9.70 Å². The Morgan fingerprint density at radius 3 is 2.35 bits per heavy atom. The molecule has 3 aromatic rings. The zero-order valence-corrected chi connectivity index (χ0v) is 24.9. The number of aryl methyl sites for hydroxylation is 1. The normalized spacial score (nSPS) is 19.2. The lowest BCUT2D eigenvalue weighted by atomic mass is 10.0. The number of rotatable bonds is 5. The number of tetrazole rings is 1. The molecule has 4 amide bonds. The maximum Gasteiger partial charge on any atom is 0.253 e. The average Bonchev–Trinajstić information content (AvgIpc) is 3.46. The standard InChI is InChI=1S/C30H38N8O5/c1-20-28(40)31-16-6-18-38(29(41)23-12-10-22(11-13-23)27-33-35-37(3)34-27)17-5-7-26(39)32-25(30(42)36(20)2)19-21-8-14-24(43-4)15-9-21/h8-15,20,25H,5-7,16-19H2,1-4H3,(H,31,40)(H,32,39)/t20-,25-/m0/s1. The number of hydrogen-bond donors (Lipinski definition) is 2. The Morgan fingerprint density at radius 1 is 1.00 bits per heavy atom. The minimum atomic E-state index is -0.869. The summed E-state index contributed by atoms with van der Waals surface area (Å²) < 4.78 is 5.22. The van der Waals surface area contributed by atoms with Gasteiger partial charge in [0, 0.05) is 50.7 Å². The molecule has 0 unspecified atom stereocenters. The Balaban J connectivity index is 1.48. The molecule has 0 aliphatic carbocycles. The predicted octanol–water partition coefficient (Wildman–Crippen LogP) is 1.20. The molecule has 1 aliphatic rings. The molecule has 43 heavy (non-hydrogen) atoms. The van der Waals surface area contributed by atoms with Gasteiger partial charge in [0.2, 0.25) is 23.5 Å². The van der Waals surface area contributed by atoms with E-state index in [9.17, 15) is 19.2 Å². The zero-order chi connectivity index (χ0) is 30.9. The molecule has 2 atom stereocenters. The Kier molecular flexibility index (Phi) is 10.4. The highest BCUT2D eigenvalue weighted by Gasteiger charge is 2.30.